The molecule has 1 aliphatic carbocycles. The van der Waals surface area contributed by atoms with Crippen LogP contribution in [0.4, 0.5) is 0 Å². The highest BCUT2D eigenvalue weighted by atomic mass is 16.3. The fourth-order valence-electron chi connectivity index (χ4n) is 11.3. The van der Waals surface area contributed by atoms with Crippen molar-refractivity contribution in [3.8, 4) is 0 Å². The molecule has 2 aliphatic rings. The molecule has 2 fully saturated rings. The molecule has 1 aromatic carbocycles. The molecule has 1 heterocycles. The van der Waals surface area contributed by atoms with Crippen LogP contribution in [0.1, 0.15) is 178 Å². The number of ketones is 3. The molecule has 0 aromatic heterocycles. The molecule has 16 atom stereocenters. The van der Waals surface area contributed by atoms with Crippen LogP contribution in [-0.2, 0) is 64.0 Å². The van der Waals surface area contributed by atoms with Crippen molar-refractivity contribution in [2.24, 2.45) is 59.0 Å². The Morgan fingerprint density at radius 2 is 1.11 bits per heavy atom. The maximum absolute atomic E-state index is 14.5. The van der Waals surface area contributed by atoms with Gasteiger partial charge >= 0.3 is 0 Å². The van der Waals surface area contributed by atoms with E-state index in [2.05, 4.69) is 42.5 Å². The van der Waals surface area contributed by atoms with E-state index in [1.54, 1.807) is 41.5 Å². The summed E-state index contributed by atoms with van der Waals surface area (Å²) in [6, 6.07) is -0.244. The summed E-state index contributed by atoms with van der Waals surface area (Å²) in [7, 11) is 0. The van der Waals surface area contributed by atoms with Gasteiger partial charge in [0.05, 0.1) is 49.2 Å². The Balaban J connectivity index is 1.85. The molecular formula is C64H103N9O14. The van der Waals surface area contributed by atoms with E-state index < -0.39 is 187 Å². The first-order valence-corrected chi connectivity index (χ1v) is 31.7. The van der Waals surface area contributed by atoms with E-state index in [1.807, 2.05) is 51.1 Å². The molecule has 0 spiro atoms. The van der Waals surface area contributed by atoms with E-state index in [9.17, 15) is 67.7 Å². The van der Waals surface area contributed by atoms with Gasteiger partial charge in [0.15, 0.2) is 17.3 Å². The van der Waals surface area contributed by atoms with Crippen LogP contribution < -0.4 is 48.3 Å². The third-order valence-electron chi connectivity index (χ3n) is 18.2. The normalized spacial score (nSPS) is 22.7. The number of hydrogen-bond acceptors (Lipinski definition) is 14. The van der Waals surface area contributed by atoms with Crippen LogP contribution in [0.15, 0.2) is 30.3 Å². The summed E-state index contributed by atoms with van der Waals surface area (Å²) in [5, 5.41) is 43.1. The summed E-state index contributed by atoms with van der Waals surface area (Å²) in [5.74, 6) is -14.7. The predicted octanol–water partition coefficient (Wildman–Crippen LogP) is 2.93. The van der Waals surface area contributed by atoms with E-state index >= 15 is 0 Å². The zero-order valence-corrected chi connectivity index (χ0v) is 53.3. The lowest BCUT2D eigenvalue weighted by Crippen LogP contribution is -2.62. The van der Waals surface area contributed by atoms with E-state index in [4.69, 9.17) is 5.73 Å². The van der Waals surface area contributed by atoms with Crippen molar-refractivity contribution in [2.45, 2.75) is 227 Å². The number of aliphatic hydroxyl groups is 2. The fraction of sp³-hybridized carbons (Fsp3) is 0.719. The van der Waals surface area contributed by atoms with Crippen molar-refractivity contribution < 1.29 is 67.7 Å². The second kappa shape index (κ2) is 37.3. The molecule has 3 rings (SSSR count). The molecule has 23 heteroatoms. The number of primary amides is 1. The van der Waals surface area contributed by atoms with Crippen molar-refractivity contribution in [3.63, 3.8) is 0 Å². The van der Waals surface area contributed by atoms with Gasteiger partial charge < -0.3 is 58.5 Å². The largest absolute Gasteiger partial charge is 0.396 e. The number of hydrogen-bond donors (Lipinski definition) is 11. The number of nitrogens with two attached hydrogens (primary N) is 1. The third-order valence-corrected chi connectivity index (χ3v) is 18.2. The topological polar surface area (TPSA) is 368 Å². The molecule has 488 valence electrons. The Labute approximate surface area is 514 Å². The van der Waals surface area contributed by atoms with Gasteiger partial charge in [0, 0.05) is 37.5 Å². The van der Waals surface area contributed by atoms with Gasteiger partial charge in [0.2, 0.25) is 53.2 Å². The van der Waals surface area contributed by atoms with Crippen LogP contribution in [0.5, 0.6) is 0 Å². The Morgan fingerprint density at radius 3 is 1.63 bits per heavy atom. The minimum Gasteiger partial charge on any atom is -0.396 e. The molecule has 23 nitrogen and oxygen atoms in total. The maximum Gasteiger partial charge on any atom is 0.245 e. The van der Waals surface area contributed by atoms with Crippen molar-refractivity contribution in [2.75, 3.05) is 13.2 Å². The van der Waals surface area contributed by atoms with Crippen LogP contribution in [0.2, 0.25) is 0 Å². The Kier molecular flexibility index (Phi) is 32.0. The lowest BCUT2D eigenvalue weighted by molar-refractivity contribution is -0.138. The molecule has 9 amide bonds. The zero-order valence-electron chi connectivity index (χ0n) is 53.3. The Hall–Kier alpha value is -6.62. The average Bonchev–Trinajstić information content (AvgIpc) is 3.51. The van der Waals surface area contributed by atoms with Gasteiger partial charge in [-0.15, -0.1) is 0 Å². The van der Waals surface area contributed by atoms with Gasteiger partial charge in [0.25, 0.3) is 0 Å². The number of carbonyl (C=O) groups excluding carboxylic acids is 12. The van der Waals surface area contributed by atoms with E-state index in [-0.39, 0.29) is 30.6 Å². The van der Waals surface area contributed by atoms with Gasteiger partial charge in [-0.1, -0.05) is 138 Å². The fourth-order valence-corrected chi connectivity index (χ4v) is 11.3. The number of nitrogens with one attached hydrogen (secondary N) is 8. The number of carbonyl (C=O) groups is 12. The first kappa shape index (κ1) is 74.6. The van der Waals surface area contributed by atoms with Crippen LogP contribution >= 0.6 is 0 Å². The van der Waals surface area contributed by atoms with Crippen molar-refractivity contribution >= 4 is 70.5 Å². The molecule has 1 saturated carbocycles. The van der Waals surface area contributed by atoms with Gasteiger partial charge in [-0.2, -0.15) is 0 Å². The molecule has 1 aromatic rings. The van der Waals surface area contributed by atoms with Crippen LogP contribution in [0, 0.1) is 53.3 Å². The molecule has 87 heavy (non-hydrogen) atoms. The molecule has 0 radical (unpaired) electrons. The second-order valence-corrected chi connectivity index (χ2v) is 24.6. The predicted molar refractivity (Wildman–Crippen MR) is 327 cm³/mol. The molecule has 1 aliphatic heterocycles. The Morgan fingerprint density at radius 1 is 0.575 bits per heavy atom. The summed E-state index contributed by atoms with van der Waals surface area (Å²) < 4.78 is 0. The van der Waals surface area contributed by atoms with E-state index in [1.165, 1.54) is 13.8 Å². The van der Waals surface area contributed by atoms with E-state index in [0.717, 1.165) is 24.8 Å². The van der Waals surface area contributed by atoms with Crippen LogP contribution in [0.3, 0.4) is 0 Å². The van der Waals surface area contributed by atoms with Crippen molar-refractivity contribution in [1.29, 1.82) is 0 Å². The smallest absolute Gasteiger partial charge is 0.245 e. The van der Waals surface area contributed by atoms with E-state index in [0.29, 0.717) is 51.4 Å². The quantitative estimate of drug-likeness (QED) is 0.0473. The third kappa shape index (κ3) is 22.8. The second-order valence-electron chi connectivity index (χ2n) is 24.6. The van der Waals surface area contributed by atoms with Crippen LogP contribution in [0.25, 0.3) is 0 Å². The number of amides is 9. The molecule has 0 bridgehead atoms. The molecule has 12 N–H and O–H groups in total. The minimum absolute atomic E-state index is 0.208. The minimum atomic E-state index is -1.57. The molecular weight excluding hydrogens is 1120 g/mol. The van der Waals surface area contributed by atoms with Gasteiger partial charge in [-0.3, -0.25) is 57.5 Å². The summed E-state index contributed by atoms with van der Waals surface area (Å²) in [6.45, 7) is 17.3. The maximum atomic E-state index is 14.5. The highest BCUT2D eigenvalue weighted by Gasteiger charge is 2.42. The highest BCUT2D eigenvalue weighted by Crippen LogP contribution is 2.28. The lowest BCUT2D eigenvalue weighted by atomic mass is 9.83. The summed E-state index contributed by atoms with van der Waals surface area (Å²) in [4.78, 5) is 167. The number of rotatable bonds is 34. The first-order valence-electron chi connectivity index (χ1n) is 31.7. The van der Waals surface area contributed by atoms with Gasteiger partial charge in [0.1, 0.15) is 24.2 Å². The summed E-state index contributed by atoms with van der Waals surface area (Å²) in [5.41, 5.74) is 6.45. The summed E-state index contributed by atoms with van der Waals surface area (Å²) >= 11 is 0. The van der Waals surface area contributed by atoms with Gasteiger partial charge in [-0.05, 0) is 81.1 Å². The molecule has 0 unspecified atom stereocenters. The highest BCUT2D eigenvalue weighted by molar-refractivity contribution is 6.00. The van der Waals surface area contributed by atoms with Crippen molar-refractivity contribution in [1.82, 2.24) is 42.5 Å². The van der Waals surface area contributed by atoms with Gasteiger partial charge in [-0.25, -0.2) is 0 Å². The number of Topliss-reactive ketones (excluding diaryl/α,β-unsaturated/α-hetero) is 3. The zero-order chi connectivity index (χ0) is 65.2. The first-order chi connectivity index (χ1) is 41.2. The lowest BCUT2D eigenvalue weighted by Gasteiger charge is -2.33. The van der Waals surface area contributed by atoms with Crippen LogP contribution in [-0.4, -0.2) is 142 Å². The molecule has 1 saturated heterocycles. The average molecular weight is 1220 g/mol. The number of benzene rings is 1. The summed E-state index contributed by atoms with van der Waals surface area (Å²) in [6.07, 6.45) is 4.39. The monoisotopic (exact) mass is 1220 g/mol. The number of aliphatic hydroxyl groups excluding tert-OH is 2. The Bertz CT molecular complexity index is 2490. The van der Waals surface area contributed by atoms with Crippen molar-refractivity contribution in [3.05, 3.63) is 35.9 Å². The SMILES string of the molecule is CC[C@H](Cc1ccccc1)C(=O)N[C@H](C(=O)C[C@@H](CO)C(=O)N[C@H](CCC(N)=O)C(=O)C[C@@H](C(=O)N[C@H](C(=O)C[C@@H](CO)C(=O)N[C@H]1C(=O)N[C@@H](C)C(=O)N[C@@H](C2CCCCC2)C(=O)N[C@@H]([C@@H](C)CC)C(=O)N[C@H]1C)[C@@H](C)CC)[C@H](C)CC)[C@@H](C)CC. The standard InChI is InChI=1S/C64H103N9O14/c1-12-35(6)46(32-48(76)47(27-28-51(65)79)68-59(82)44(33-74)30-49(77)52(36(7)13-2)69-58(81)42(16-5)29-41-23-19-17-20-24-41)61(84)70-53(37(8)14-3)50(78)31-45(34-75)60(83)72-55-39(10)66-62(85)54(38(9)15-4)71-64(87)56(43-25-21-18-22-26-43)73-57(80)40(11)67-63(55)86/h17,19-20,23-24,35-40,42-47,52-56,74-75H,12-16,18,21-22,25-34H2,1-11H3,(H2,65,79)(H,66,85)(H,67,86)(H,68,82)(H,69,81)(H,70,84)(H,71,87)(H,72,83)(H,73,80)/t35-,36+,37+,38+,39+,40+,42-,44+,45+,46-,47-,52+,53+,54+,55-,56+/m1/s1.